The van der Waals surface area contributed by atoms with Gasteiger partial charge < -0.3 is 14.8 Å². The van der Waals surface area contributed by atoms with Crippen LogP contribution in [-0.4, -0.2) is 28.5 Å². The van der Waals surface area contributed by atoms with Gasteiger partial charge in [-0.25, -0.2) is 4.98 Å². The Kier molecular flexibility index (Phi) is 4.50. The van der Waals surface area contributed by atoms with Crippen LogP contribution in [0, 0.1) is 0 Å². The lowest BCUT2D eigenvalue weighted by Gasteiger charge is -2.16. The highest BCUT2D eigenvalue weighted by atomic mass is 16.5. The third kappa shape index (κ3) is 3.36. The van der Waals surface area contributed by atoms with Gasteiger partial charge in [-0.1, -0.05) is 12.1 Å². The van der Waals surface area contributed by atoms with Crippen LogP contribution in [0.25, 0.3) is 5.65 Å². The van der Waals surface area contributed by atoms with Crippen molar-refractivity contribution in [2.45, 2.75) is 19.4 Å². The van der Waals surface area contributed by atoms with Crippen molar-refractivity contribution in [3.63, 3.8) is 0 Å². The Balaban J connectivity index is 1.57. The van der Waals surface area contributed by atoms with E-state index < -0.39 is 11.5 Å². The highest BCUT2D eigenvalue weighted by Crippen LogP contribution is 2.32. The summed E-state index contributed by atoms with van der Waals surface area (Å²) in [6.45, 7) is 3.07. The maximum atomic E-state index is 12.6. The van der Waals surface area contributed by atoms with E-state index in [1.807, 2.05) is 25.1 Å². The van der Waals surface area contributed by atoms with Crippen LogP contribution < -0.4 is 20.3 Å². The lowest BCUT2D eigenvalue weighted by atomic mass is 10.1. The smallest absolute Gasteiger partial charge is 0.270 e. The minimum atomic E-state index is -0.467. The van der Waals surface area contributed by atoms with Gasteiger partial charge in [0.25, 0.3) is 11.5 Å². The first-order valence-corrected chi connectivity index (χ1v) is 8.80. The zero-order valence-electron chi connectivity index (χ0n) is 14.8. The number of rotatable bonds is 3. The van der Waals surface area contributed by atoms with Crippen LogP contribution in [0.1, 0.15) is 35.3 Å². The van der Waals surface area contributed by atoms with Crippen LogP contribution >= 0.6 is 0 Å². The molecular weight excluding hydrogens is 346 g/mol. The fourth-order valence-electron chi connectivity index (χ4n) is 2.99. The molecule has 4 rings (SSSR count). The Labute approximate surface area is 155 Å². The summed E-state index contributed by atoms with van der Waals surface area (Å²) < 4.78 is 12.7. The third-order valence-corrected chi connectivity index (χ3v) is 4.48. The molecule has 0 aliphatic carbocycles. The van der Waals surface area contributed by atoms with E-state index in [0.29, 0.717) is 30.4 Å². The van der Waals surface area contributed by atoms with E-state index in [-0.39, 0.29) is 11.6 Å². The van der Waals surface area contributed by atoms with Crippen LogP contribution in [0.3, 0.4) is 0 Å². The zero-order chi connectivity index (χ0) is 18.8. The number of carbonyl (C=O) groups is 1. The summed E-state index contributed by atoms with van der Waals surface area (Å²) >= 11 is 0. The molecule has 138 valence electrons. The van der Waals surface area contributed by atoms with Gasteiger partial charge in [0.05, 0.1) is 19.3 Å². The summed E-state index contributed by atoms with van der Waals surface area (Å²) in [6.07, 6.45) is 3.73. The van der Waals surface area contributed by atoms with Crippen LogP contribution in [0.15, 0.2) is 53.6 Å². The number of fused-ring (bicyclic) bond motifs is 2. The molecule has 0 fully saturated rings. The molecule has 0 spiro atoms. The van der Waals surface area contributed by atoms with E-state index in [9.17, 15) is 9.59 Å². The molecule has 1 amide bonds. The molecule has 0 saturated heterocycles. The van der Waals surface area contributed by atoms with Gasteiger partial charge in [0.2, 0.25) is 0 Å². The van der Waals surface area contributed by atoms with Gasteiger partial charge in [0, 0.05) is 18.8 Å². The number of carbonyl (C=O) groups excluding carboxylic acids is 1. The van der Waals surface area contributed by atoms with Crippen molar-refractivity contribution in [2.24, 2.45) is 0 Å². The Morgan fingerprint density at radius 3 is 2.85 bits per heavy atom. The first kappa shape index (κ1) is 17.1. The van der Waals surface area contributed by atoms with Crippen molar-refractivity contribution in [3.8, 4) is 11.5 Å². The molecule has 3 heterocycles. The molecule has 0 saturated carbocycles. The van der Waals surface area contributed by atoms with Gasteiger partial charge in [-0.15, -0.1) is 0 Å². The molecule has 27 heavy (non-hydrogen) atoms. The monoisotopic (exact) mass is 365 g/mol. The Morgan fingerprint density at radius 2 is 2.00 bits per heavy atom. The number of nitrogens with one attached hydrogen (secondary N) is 1. The molecule has 1 atom stereocenters. The molecule has 1 aliphatic rings. The second-order valence-electron chi connectivity index (χ2n) is 6.36. The highest BCUT2D eigenvalue weighted by Gasteiger charge is 2.18. The van der Waals surface area contributed by atoms with Gasteiger partial charge in [-0.05, 0) is 36.8 Å². The molecule has 0 bridgehead atoms. The number of benzene rings is 1. The van der Waals surface area contributed by atoms with Gasteiger partial charge >= 0.3 is 0 Å². The molecular formula is C20H19N3O4. The number of nitrogens with zero attached hydrogens (tertiary/aromatic N) is 2. The maximum Gasteiger partial charge on any atom is 0.270 e. The number of ether oxygens (including phenoxy) is 2. The van der Waals surface area contributed by atoms with Gasteiger partial charge in [-0.3, -0.25) is 14.0 Å². The normalized spacial score (nSPS) is 14.4. The summed E-state index contributed by atoms with van der Waals surface area (Å²) in [5.41, 5.74) is 0.959. The Morgan fingerprint density at radius 1 is 1.19 bits per heavy atom. The topological polar surface area (TPSA) is 81.9 Å². The number of hydrogen-bond acceptors (Lipinski definition) is 5. The largest absolute Gasteiger partial charge is 0.490 e. The van der Waals surface area contributed by atoms with E-state index >= 15 is 0 Å². The average Bonchev–Trinajstić information content (AvgIpc) is 2.93. The molecule has 7 nitrogen and oxygen atoms in total. The van der Waals surface area contributed by atoms with Crippen LogP contribution in [0.5, 0.6) is 11.5 Å². The lowest BCUT2D eigenvalue weighted by Crippen LogP contribution is -2.33. The average molecular weight is 365 g/mol. The predicted octanol–water partition coefficient (Wildman–Crippen LogP) is 2.35. The van der Waals surface area contributed by atoms with Gasteiger partial charge in [-0.2, -0.15) is 0 Å². The first-order chi connectivity index (χ1) is 13.1. The number of amides is 1. The zero-order valence-corrected chi connectivity index (χ0v) is 14.8. The summed E-state index contributed by atoms with van der Waals surface area (Å²) in [6, 6.07) is 10.5. The van der Waals surface area contributed by atoms with E-state index in [2.05, 4.69) is 10.3 Å². The predicted molar refractivity (Wildman–Crippen MR) is 99.4 cm³/mol. The van der Waals surface area contributed by atoms with E-state index in [0.717, 1.165) is 12.0 Å². The molecule has 7 heteroatoms. The number of pyridine rings is 1. The SMILES string of the molecule is CC(NC(=O)c1cnc2ccccn2c1=O)c1ccc2c(c1)OCCCO2. The van der Waals surface area contributed by atoms with Crippen molar-refractivity contribution in [3.05, 3.63) is 70.3 Å². The fourth-order valence-corrected chi connectivity index (χ4v) is 2.99. The Hall–Kier alpha value is -3.35. The quantitative estimate of drug-likeness (QED) is 0.770. The fraction of sp³-hybridized carbons (Fsp3) is 0.250. The van der Waals surface area contributed by atoms with E-state index in [4.69, 9.17) is 9.47 Å². The van der Waals surface area contributed by atoms with Crippen molar-refractivity contribution < 1.29 is 14.3 Å². The first-order valence-electron chi connectivity index (χ1n) is 8.80. The van der Waals surface area contributed by atoms with E-state index in [1.165, 1.54) is 10.6 Å². The van der Waals surface area contributed by atoms with Crippen molar-refractivity contribution in [1.29, 1.82) is 0 Å². The number of aromatic nitrogens is 2. The summed E-state index contributed by atoms with van der Waals surface area (Å²) in [4.78, 5) is 29.3. The second-order valence-corrected chi connectivity index (χ2v) is 6.36. The second kappa shape index (κ2) is 7.11. The minimum Gasteiger partial charge on any atom is -0.490 e. The van der Waals surface area contributed by atoms with Crippen molar-refractivity contribution in [1.82, 2.24) is 14.7 Å². The molecule has 0 radical (unpaired) electrons. The lowest BCUT2D eigenvalue weighted by molar-refractivity contribution is 0.0937. The minimum absolute atomic E-state index is 0.0000988. The van der Waals surface area contributed by atoms with Crippen LogP contribution in [-0.2, 0) is 0 Å². The van der Waals surface area contributed by atoms with Gasteiger partial charge in [0.1, 0.15) is 11.2 Å². The molecule has 3 aromatic rings. The van der Waals surface area contributed by atoms with Gasteiger partial charge in [0.15, 0.2) is 11.5 Å². The summed E-state index contributed by atoms with van der Waals surface area (Å²) in [5, 5.41) is 2.85. The molecule has 2 aromatic heterocycles. The summed E-state index contributed by atoms with van der Waals surface area (Å²) in [7, 11) is 0. The van der Waals surface area contributed by atoms with E-state index in [1.54, 1.807) is 24.4 Å². The van der Waals surface area contributed by atoms with Crippen LogP contribution in [0.4, 0.5) is 0 Å². The highest BCUT2D eigenvalue weighted by molar-refractivity contribution is 5.94. The Bertz CT molecular complexity index is 1060. The summed E-state index contributed by atoms with van der Waals surface area (Å²) in [5.74, 6) is 0.899. The molecule has 1 unspecified atom stereocenters. The molecule has 1 N–H and O–H groups in total. The third-order valence-electron chi connectivity index (χ3n) is 4.48. The van der Waals surface area contributed by atoms with Crippen molar-refractivity contribution >= 4 is 11.6 Å². The van der Waals surface area contributed by atoms with Crippen molar-refractivity contribution in [2.75, 3.05) is 13.2 Å². The maximum absolute atomic E-state index is 12.6. The van der Waals surface area contributed by atoms with Crippen LogP contribution in [0.2, 0.25) is 0 Å². The molecule has 1 aromatic carbocycles. The number of hydrogen-bond donors (Lipinski definition) is 1. The standard InChI is InChI=1S/C20H19N3O4/c1-13(14-6-7-16-17(11-14)27-10-4-9-26-16)22-19(24)15-12-21-18-5-2-3-8-23(18)20(15)25/h2-3,5-8,11-13H,4,9-10H2,1H3,(H,22,24). The molecule has 1 aliphatic heterocycles.